The van der Waals surface area contributed by atoms with Crippen molar-refractivity contribution in [2.24, 2.45) is 0 Å². The van der Waals surface area contributed by atoms with Gasteiger partial charge in [0.2, 0.25) is 5.91 Å². The highest BCUT2D eigenvalue weighted by molar-refractivity contribution is 9.10. The van der Waals surface area contributed by atoms with Gasteiger partial charge in [0.15, 0.2) is 6.61 Å². The molecule has 0 unspecified atom stereocenters. The minimum atomic E-state index is -0.770. The molecule has 5 nitrogen and oxygen atoms in total. The maximum absolute atomic E-state index is 13.8. The lowest BCUT2D eigenvalue weighted by atomic mass is 9.87. The lowest BCUT2D eigenvalue weighted by Gasteiger charge is -2.32. The quantitative estimate of drug-likeness (QED) is 0.203. The molecule has 8 heteroatoms. The van der Waals surface area contributed by atoms with Crippen LogP contribution in [0.3, 0.4) is 0 Å². The molecule has 0 bridgehead atoms. The highest BCUT2D eigenvalue weighted by atomic mass is 79.9. The van der Waals surface area contributed by atoms with Crippen molar-refractivity contribution in [2.45, 2.75) is 65.0 Å². The summed E-state index contributed by atoms with van der Waals surface area (Å²) in [7, 11) is 0. The maximum atomic E-state index is 13.8. The van der Waals surface area contributed by atoms with Crippen LogP contribution in [0.15, 0.2) is 71.2 Å². The van der Waals surface area contributed by atoms with Crippen LogP contribution in [0.4, 0.5) is 0 Å². The first-order chi connectivity index (χ1) is 19.0. The summed E-state index contributed by atoms with van der Waals surface area (Å²) < 4.78 is 6.75. The Morgan fingerprint density at radius 1 is 1.02 bits per heavy atom. The molecule has 0 saturated carbocycles. The van der Waals surface area contributed by atoms with E-state index >= 15 is 0 Å². The first kappa shape index (κ1) is 32.0. The predicted molar refractivity (Wildman–Crippen MR) is 167 cm³/mol. The summed E-state index contributed by atoms with van der Waals surface area (Å²) in [6, 6.07) is 19.9. The number of nitrogens with zero attached hydrogens (tertiary/aromatic N) is 1. The van der Waals surface area contributed by atoms with E-state index in [0.29, 0.717) is 34.3 Å². The molecule has 0 fully saturated rings. The summed E-state index contributed by atoms with van der Waals surface area (Å²) in [6.45, 7) is 8.89. The van der Waals surface area contributed by atoms with Gasteiger partial charge in [-0.25, -0.2) is 0 Å². The van der Waals surface area contributed by atoms with E-state index in [1.54, 1.807) is 23.1 Å². The number of carbonyl (C=O) groups is 2. The fourth-order valence-electron chi connectivity index (χ4n) is 4.20. The zero-order valence-corrected chi connectivity index (χ0v) is 26.6. The van der Waals surface area contributed by atoms with Gasteiger partial charge in [0.05, 0.1) is 4.47 Å². The average molecular weight is 648 g/mol. The van der Waals surface area contributed by atoms with E-state index in [2.05, 4.69) is 48.9 Å². The van der Waals surface area contributed by atoms with Gasteiger partial charge in [0.25, 0.3) is 5.91 Å². The van der Waals surface area contributed by atoms with Crippen molar-refractivity contribution in [2.75, 3.05) is 13.2 Å². The zero-order chi connectivity index (χ0) is 29.3. The second kappa shape index (κ2) is 14.9. The van der Waals surface area contributed by atoms with Crippen LogP contribution in [-0.2, 0) is 28.0 Å². The maximum Gasteiger partial charge on any atom is 0.261 e. The lowest BCUT2D eigenvalue weighted by Crippen LogP contribution is -2.51. The molecule has 0 aliphatic rings. The molecular formula is C32H37BrCl2N2O3. The molecule has 3 aromatic rings. The number of ether oxygens (including phenoxy) is 1. The second-order valence-corrected chi connectivity index (χ2v) is 12.5. The summed E-state index contributed by atoms with van der Waals surface area (Å²) in [5.74, 6) is 0.00803. The summed E-state index contributed by atoms with van der Waals surface area (Å²) in [5.41, 5.74) is 2.75. The third-order valence-corrected chi connectivity index (χ3v) is 7.81. The topological polar surface area (TPSA) is 58.6 Å². The number of hydrogen-bond donors (Lipinski definition) is 1. The van der Waals surface area contributed by atoms with E-state index in [0.717, 1.165) is 28.4 Å². The Bertz CT molecular complexity index is 1300. The van der Waals surface area contributed by atoms with Gasteiger partial charge in [-0.15, -0.1) is 0 Å². The van der Waals surface area contributed by atoms with Crippen molar-refractivity contribution in [1.29, 1.82) is 0 Å². The smallest absolute Gasteiger partial charge is 0.261 e. The molecule has 0 aromatic heterocycles. The van der Waals surface area contributed by atoms with Crippen molar-refractivity contribution >= 4 is 50.9 Å². The van der Waals surface area contributed by atoms with Crippen molar-refractivity contribution in [3.8, 4) is 5.75 Å². The summed E-state index contributed by atoms with van der Waals surface area (Å²) >= 11 is 16.2. The molecule has 0 saturated heterocycles. The molecule has 40 heavy (non-hydrogen) atoms. The third kappa shape index (κ3) is 9.25. The Morgan fingerprint density at radius 2 is 1.75 bits per heavy atom. The molecule has 2 amide bonds. The minimum Gasteiger partial charge on any atom is -0.483 e. The summed E-state index contributed by atoms with van der Waals surface area (Å²) in [4.78, 5) is 28.9. The van der Waals surface area contributed by atoms with Crippen LogP contribution in [0.25, 0.3) is 0 Å². The normalized spacial score (nSPS) is 12.1. The van der Waals surface area contributed by atoms with Crippen molar-refractivity contribution in [1.82, 2.24) is 10.2 Å². The molecule has 0 radical (unpaired) electrons. The van der Waals surface area contributed by atoms with Gasteiger partial charge in [0.1, 0.15) is 11.8 Å². The van der Waals surface area contributed by atoms with E-state index in [4.69, 9.17) is 27.9 Å². The van der Waals surface area contributed by atoms with Crippen molar-refractivity contribution < 1.29 is 14.3 Å². The number of amides is 2. The van der Waals surface area contributed by atoms with Gasteiger partial charge < -0.3 is 15.0 Å². The Morgan fingerprint density at radius 3 is 2.38 bits per heavy atom. The average Bonchev–Trinajstić information content (AvgIpc) is 2.91. The van der Waals surface area contributed by atoms with Crippen molar-refractivity contribution in [3.63, 3.8) is 0 Å². The molecular weight excluding hydrogens is 611 g/mol. The van der Waals surface area contributed by atoms with Crippen LogP contribution >= 0.6 is 39.1 Å². The number of benzene rings is 3. The molecule has 0 heterocycles. The second-order valence-electron chi connectivity index (χ2n) is 10.8. The van der Waals surface area contributed by atoms with Gasteiger partial charge in [-0.2, -0.15) is 0 Å². The number of nitrogens with one attached hydrogen (secondary N) is 1. The Labute approximate surface area is 256 Å². The molecule has 0 aliphatic heterocycles. The standard InChI is InChI=1S/C32H37BrCl2N2O3/c1-5-6-16-36-31(39)28(17-22-10-8-7-9-11-22)37(20-23-12-14-25(34)19-27(23)35)30(38)21-40-29-15-13-24(18-26(29)33)32(2,3)4/h7-15,18-19,28H,5-6,16-17,20-21H2,1-4H3,(H,36,39)/t28-/m1/s1. The number of hydrogen-bond acceptors (Lipinski definition) is 3. The Balaban J connectivity index is 1.92. The van der Waals surface area contributed by atoms with Crippen LogP contribution in [0.2, 0.25) is 10.0 Å². The summed E-state index contributed by atoms with van der Waals surface area (Å²) in [5, 5.41) is 3.94. The van der Waals surface area contributed by atoms with E-state index in [1.165, 1.54) is 0 Å². The van der Waals surface area contributed by atoms with Crippen LogP contribution in [0.5, 0.6) is 5.75 Å². The molecule has 1 N–H and O–H groups in total. The fraction of sp³-hybridized carbons (Fsp3) is 0.375. The predicted octanol–water partition coefficient (Wildman–Crippen LogP) is 7.99. The van der Waals surface area contributed by atoms with Crippen LogP contribution < -0.4 is 10.1 Å². The SMILES string of the molecule is CCCCNC(=O)[C@@H](Cc1ccccc1)N(Cc1ccc(Cl)cc1Cl)C(=O)COc1ccc(C(C)(C)C)cc1Br. The third-order valence-electron chi connectivity index (χ3n) is 6.61. The number of rotatable bonds is 12. The molecule has 1 atom stereocenters. The molecule has 0 spiro atoms. The number of carbonyl (C=O) groups excluding carboxylic acids is 2. The molecule has 3 rings (SSSR count). The largest absolute Gasteiger partial charge is 0.483 e. The molecule has 3 aromatic carbocycles. The highest BCUT2D eigenvalue weighted by Gasteiger charge is 2.31. The van der Waals surface area contributed by atoms with Gasteiger partial charge in [0, 0.05) is 29.6 Å². The summed E-state index contributed by atoms with van der Waals surface area (Å²) in [6.07, 6.45) is 2.14. The first-order valence-electron chi connectivity index (χ1n) is 13.5. The molecule has 0 aliphatic carbocycles. The lowest BCUT2D eigenvalue weighted by molar-refractivity contribution is -0.142. The van der Waals surface area contributed by atoms with Crippen LogP contribution in [-0.4, -0.2) is 35.9 Å². The van der Waals surface area contributed by atoms with Gasteiger partial charge in [-0.3, -0.25) is 9.59 Å². The fourth-order valence-corrected chi connectivity index (χ4v) is 5.16. The van der Waals surface area contributed by atoms with Crippen LogP contribution in [0.1, 0.15) is 57.2 Å². The monoisotopic (exact) mass is 646 g/mol. The van der Waals surface area contributed by atoms with Crippen LogP contribution in [0, 0.1) is 0 Å². The number of unbranched alkanes of at least 4 members (excludes halogenated alkanes) is 1. The van der Waals surface area contributed by atoms with E-state index in [9.17, 15) is 9.59 Å². The van der Waals surface area contributed by atoms with Crippen molar-refractivity contribution in [3.05, 3.63) is 97.9 Å². The van der Waals surface area contributed by atoms with E-state index in [-0.39, 0.29) is 30.4 Å². The van der Waals surface area contributed by atoms with Gasteiger partial charge >= 0.3 is 0 Å². The van der Waals surface area contributed by atoms with Gasteiger partial charge in [-0.1, -0.05) is 99.8 Å². The minimum absolute atomic E-state index is 0.0265. The van der Waals surface area contributed by atoms with E-state index in [1.807, 2.05) is 48.5 Å². The Hall–Kier alpha value is -2.54. The zero-order valence-electron chi connectivity index (χ0n) is 23.5. The van der Waals surface area contributed by atoms with E-state index < -0.39 is 6.04 Å². The highest BCUT2D eigenvalue weighted by Crippen LogP contribution is 2.32. The molecule has 214 valence electrons. The first-order valence-corrected chi connectivity index (χ1v) is 15.0. The van der Waals surface area contributed by atoms with Gasteiger partial charge in [-0.05, 0) is 68.7 Å². The number of halogens is 3. The Kier molecular flexibility index (Phi) is 11.9.